The van der Waals surface area contributed by atoms with Gasteiger partial charge in [-0.15, -0.1) is 0 Å². The third kappa shape index (κ3) is 2.63. The fraction of sp³-hybridized carbons (Fsp3) is 0.600. The molecule has 0 spiro atoms. The quantitative estimate of drug-likeness (QED) is 0.838. The number of ether oxygens (including phenoxy) is 2. The minimum Gasteiger partial charge on any atom is -0.465 e. The van der Waals surface area contributed by atoms with Crippen molar-refractivity contribution >= 4 is 11.8 Å². The van der Waals surface area contributed by atoms with Crippen molar-refractivity contribution in [1.29, 1.82) is 0 Å². The van der Waals surface area contributed by atoms with Crippen molar-refractivity contribution in [2.75, 3.05) is 19.0 Å². The van der Waals surface area contributed by atoms with Gasteiger partial charge >= 0.3 is 5.97 Å². The van der Waals surface area contributed by atoms with E-state index in [1.54, 1.807) is 18.3 Å². The molecule has 2 atom stereocenters. The molecular formula is C15H22N2O3. The second-order valence-corrected chi connectivity index (χ2v) is 5.59. The summed E-state index contributed by atoms with van der Waals surface area (Å²) in [6.45, 7) is 7.05. The van der Waals surface area contributed by atoms with E-state index in [1.165, 1.54) is 7.11 Å². The number of methoxy groups -OCH3 is 1. The molecule has 1 aromatic heterocycles. The largest absolute Gasteiger partial charge is 0.465 e. The maximum absolute atomic E-state index is 11.7. The molecule has 1 heterocycles. The Balaban J connectivity index is 2.11. The highest BCUT2D eigenvalue weighted by molar-refractivity contribution is 5.94. The van der Waals surface area contributed by atoms with Crippen molar-refractivity contribution in [3.8, 4) is 0 Å². The lowest BCUT2D eigenvalue weighted by molar-refractivity contribution is -0.0976. The van der Waals surface area contributed by atoms with Crippen LogP contribution < -0.4 is 5.32 Å². The van der Waals surface area contributed by atoms with Gasteiger partial charge in [0.25, 0.3) is 0 Å². The molecule has 5 nitrogen and oxygen atoms in total. The highest BCUT2D eigenvalue weighted by Crippen LogP contribution is 2.44. The number of nitrogens with zero attached hydrogens (tertiary/aromatic N) is 1. The zero-order valence-corrected chi connectivity index (χ0v) is 12.5. The van der Waals surface area contributed by atoms with Gasteiger partial charge < -0.3 is 14.8 Å². The first-order valence-electron chi connectivity index (χ1n) is 6.92. The molecule has 2 unspecified atom stereocenters. The fourth-order valence-electron chi connectivity index (χ4n) is 2.57. The Labute approximate surface area is 119 Å². The molecule has 0 radical (unpaired) electrons. The number of rotatable bonds is 5. The van der Waals surface area contributed by atoms with Crippen LogP contribution in [0.2, 0.25) is 0 Å². The van der Waals surface area contributed by atoms with E-state index in [-0.39, 0.29) is 23.5 Å². The summed E-state index contributed by atoms with van der Waals surface area (Å²) in [5.41, 5.74) is 0.478. The predicted molar refractivity (Wildman–Crippen MR) is 76.8 cm³/mol. The Morgan fingerprint density at radius 2 is 2.30 bits per heavy atom. The first-order valence-corrected chi connectivity index (χ1v) is 6.92. The van der Waals surface area contributed by atoms with Crippen molar-refractivity contribution in [1.82, 2.24) is 4.98 Å². The van der Waals surface area contributed by atoms with Gasteiger partial charge in [0.15, 0.2) is 0 Å². The highest BCUT2D eigenvalue weighted by Gasteiger charge is 2.49. The average Bonchev–Trinajstić information content (AvgIpc) is 2.46. The molecule has 1 aromatic rings. The monoisotopic (exact) mass is 278 g/mol. The van der Waals surface area contributed by atoms with Crippen LogP contribution in [-0.4, -0.2) is 36.8 Å². The van der Waals surface area contributed by atoms with Gasteiger partial charge in [-0.25, -0.2) is 9.78 Å². The Hall–Kier alpha value is -1.62. The van der Waals surface area contributed by atoms with Crippen molar-refractivity contribution in [2.24, 2.45) is 5.41 Å². The fourth-order valence-corrected chi connectivity index (χ4v) is 2.57. The first-order chi connectivity index (χ1) is 9.50. The molecule has 20 heavy (non-hydrogen) atoms. The Morgan fingerprint density at radius 1 is 1.55 bits per heavy atom. The first kappa shape index (κ1) is 14.8. The van der Waals surface area contributed by atoms with Crippen LogP contribution >= 0.6 is 0 Å². The summed E-state index contributed by atoms with van der Waals surface area (Å²) in [4.78, 5) is 16.0. The maximum atomic E-state index is 11.7. The van der Waals surface area contributed by atoms with Crippen LogP contribution in [0.15, 0.2) is 18.3 Å². The van der Waals surface area contributed by atoms with Crippen LogP contribution in [-0.2, 0) is 9.47 Å². The van der Waals surface area contributed by atoms with Crippen molar-refractivity contribution in [3.05, 3.63) is 23.9 Å². The summed E-state index contributed by atoms with van der Waals surface area (Å²) < 4.78 is 10.5. The summed E-state index contributed by atoms with van der Waals surface area (Å²) in [5.74, 6) is 0.200. The zero-order chi connectivity index (χ0) is 14.8. The van der Waals surface area contributed by atoms with E-state index in [4.69, 9.17) is 9.47 Å². The number of carbonyl (C=O) groups is 1. The summed E-state index contributed by atoms with van der Waals surface area (Å²) in [7, 11) is 1.37. The summed E-state index contributed by atoms with van der Waals surface area (Å²) in [5, 5.41) is 3.35. The number of pyridine rings is 1. The molecule has 1 aliphatic rings. The number of nitrogens with one attached hydrogen (secondary N) is 1. The molecule has 110 valence electrons. The number of esters is 1. The molecule has 1 saturated carbocycles. The van der Waals surface area contributed by atoms with E-state index in [0.717, 1.165) is 13.0 Å². The minimum absolute atomic E-state index is 0.0148. The van der Waals surface area contributed by atoms with E-state index in [1.807, 2.05) is 6.92 Å². The maximum Gasteiger partial charge on any atom is 0.341 e. The molecule has 5 heteroatoms. The lowest BCUT2D eigenvalue weighted by atomic mass is 9.64. The van der Waals surface area contributed by atoms with Crippen LogP contribution in [0, 0.1) is 5.41 Å². The SMILES string of the molecule is CCOC1CC(Nc2ncccc2C(=O)OC)C1(C)C. The van der Waals surface area contributed by atoms with Crippen molar-refractivity contribution in [3.63, 3.8) is 0 Å². The van der Waals surface area contributed by atoms with E-state index in [0.29, 0.717) is 11.4 Å². The standard InChI is InChI=1S/C15H22N2O3/c1-5-20-12-9-11(15(12,2)3)17-13-10(14(18)19-4)7-6-8-16-13/h6-8,11-12H,5,9H2,1-4H3,(H,16,17). The van der Waals surface area contributed by atoms with Crippen molar-refractivity contribution in [2.45, 2.75) is 39.3 Å². The lowest BCUT2D eigenvalue weighted by Crippen LogP contribution is -2.58. The average molecular weight is 278 g/mol. The molecule has 0 saturated heterocycles. The molecule has 1 fully saturated rings. The third-order valence-corrected chi connectivity index (χ3v) is 4.07. The molecule has 0 aromatic carbocycles. The van der Waals surface area contributed by atoms with E-state index >= 15 is 0 Å². The number of hydrogen-bond acceptors (Lipinski definition) is 5. The molecular weight excluding hydrogens is 256 g/mol. The topological polar surface area (TPSA) is 60.5 Å². The molecule has 0 amide bonds. The summed E-state index contributed by atoms with van der Waals surface area (Å²) in [6.07, 6.45) is 2.83. The van der Waals surface area contributed by atoms with Gasteiger partial charge in [-0.05, 0) is 25.5 Å². The summed E-state index contributed by atoms with van der Waals surface area (Å²) in [6, 6.07) is 3.68. The molecule has 2 rings (SSSR count). The zero-order valence-electron chi connectivity index (χ0n) is 12.5. The van der Waals surface area contributed by atoms with Crippen LogP contribution in [0.5, 0.6) is 0 Å². The van der Waals surface area contributed by atoms with Crippen LogP contribution in [0.4, 0.5) is 5.82 Å². The highest BCUT2D eigenvalue weighted by atomic mass is 16.5. The smallest absolute Gasteiger partial charge is 0.341 e. The third-order valence-electron chi connectivity index (χ3n) is 4.07. The number of anilines is 1. The second-order valence-electron chi connectivity index (χ2n) is 5.59. The van der Waals surface area contributed by atoms with Gasteiger partial charge in [-0.3, -0.25) is 0 Å². The second kappa shape index (κ2) is 5.79. The number of carbonyl (C=O) groups excluding carboxylic acids is 1. The lowest BCUT2D eigenvalue weighted by Gasteiger charge is -2.51. The molecule has 1 N–H and O–H groups in total. The van der Waals surface area contributed by atoms with Gasteiger partial charge in [-0.2, -0.15) is 0 Å². The molecule has 1 aliphatic carbocycles. The summed E-state index contributed by atoms with van der Waals surface area (Å²) >= 11 is 0. The minimum atomic E-state index is -0.376. The van der Waals surface area contributed by atoms with Gasteiger partial charge in [-0.1, -0.05) is 13.8 Å². The van der Waals surface area contributed by atoms with Gasteiger partial charge in [0.2, 0.25) is 0 Å². The van der Waals surface area contributed by atoms with Crippen LogP contribution in [0.1, 0.15) is 37.6 Å². The normalized spacial score (nSPS) is 23.8. The van der Waals surface area contributed by atoms with E-state index in [9.17, 15) is 4.79 Å². The van der Waals surface area contributed by atoms with Crippen LogP contribution in [0.3, 0.4) is 0 Å². The number of hydrogen-bond donors (Lipinski definition) is 1. The molecule has 0 bridgehead atoms. The Kier molecular flexibility index (Phi) is 4.28. The van der Waals surface area contributed by atoms with Gasteiger partial charge in [0.05, 0.1) is 13.2 Å². The van der Waals surface area contributed by atoms with E-state index in [2.05, 4.69) is 24.1 Å². The molecule has 0 aliphatic heterocycles. The van der Waals surface area contributed by atoms with Gasteiger partial charge in [0, 0.05) is 24.3 Å². The Bertz CT molecular complexity index is 488. The predicted octanol–water partition coefficient (Wildman–Crippen LogP) is 2.48. The van der Waals surface area contributed by atoms with Crippen LogP contribution in [0.25, 0.3) is 0 Å². The Morgan fingerprint density at radius 3 is 2.90 bits per heavy atom. The van der Waals surface area contributed by atoms with Gasteiger partial charge in [0.1, 0.15) is 11.4 Å². The number of aromatic nitrogens is 1. The van der Waals surface area contributed by atoms with Crippen molar-refractivity contribution < 1.29 is 14.3 Å². The van der Waals surface area contributed by atoms with E-state index < -0.39 is 0 Å².